The van der Waals surface area contributed by atoms with Crippen LogP contribution in [0.3, 0.4) is 0 Å². The van der Waals surface area contributed by atoms with Gasteiger partial charge in [0.1, 0.15) is 6.10 Å². The number of carbonyl (C=O) groups is 2. The largest absolute Gasteiger partial charge is 0.369 e. The second-order valence-electron chi connectivity index (χ2n) is 6.00. The third-order valence-corrected chi connectivity index (χ3v) is 4.03. The van der Waals surface area contributed by atoms with E-state index in [1.165, 1.54) is 0 Å². The molecular formula is C15H27N3O3. The molecule has 21 heavy (non-hydrogen) atoms. The average Bonchev–Trinajstić information content (AvgIpc) is 3.25. The molecule has 0 spiro atoms. The van der Waals surface area contributed by atoms with Crippen LogP contribution in [0, 0.1) is 0 Å². The monoisotopic (exact) mass is 297 g/mol. The maximum Gasteiger partial charge on any atom is 0.249 e. The van der Waals surface area contributed by atoms with Crippen molar-refractivity contribution in [1.29, 1.82) is 0 Å². The Morgan fingerprint density at radius 1 is 1.14 bits per heavy atom. The lowest BCUT2D eigenvalue weighted by Gasteiger charge is -2.32. The van der Waals surface area contributed by atoms with Crippen molar-refractivity contribution >= 4 is 11.8 Å². The van der Waals surface area contributed by atoms with E-state index in [0.29, 0.717) is 19.2 Å². The van der Waals surface area contributed by atoms with Crippen molar-refractivity contribution in [1.82, 2.24) is 15.5 Å². The quantitative estimate of drug-likeness (QED) is 0.708. The second kappa shape index (κ2) is 7.75. The first-order valence-electron chi connectivity index (χ1n) is 8.02. The van der Waals surface area contributed by atoms with Crippen LogP contribution in [0.15, 0.2) is 0 Å². The van der Waals surface area contributed by atoms with E-state index in [4.69, 9.17) is 4.74 Å². The summed E-state index contributed by atoms with van der Waals surface area (Å²) in [4.78, 5) is 25.8. The van der Waals surface area contributed by atoms with Gasteiger partial charge in [-0.15, -0.1) is 0 Å². The molecule has 0 aromatic heterocycles. The second-order valence-corrected chi connectivity index (χ2v) is 6.00. The number of likely N-dealkylation sites (tertiary alicyclic amines) is 1. The maximum absolute atomic E-state index is 11.9. The summed E-state index contributed by atoms with van der Waals surface area (Å²) in [6.45, 7) is 6.39. The number of hydrogen-bond donors (Lipinski definition) is 2. The molecule has 0 aromatic rings. The molecule has 6 nitrogen and oxygen atoms in total. The predicted molar refractivity (Wildman–Crippen MR) is 79.9 cm³/mol. The average molecular weight is 297 g/mol. The van der Waals surface area contributed by atoms with E-state index in [1.54, 1.807) is 6.92 Å². The third kappa shape index (κ3) is 5.63. The van der Waals surface area contributed by atoms with E-state index in [2.05, 4.69) is 15.5 Å². The van der Waals surface area contributed by atoms with Crippen LogP contribution in [0.1, 0.15) is 39.5 Å². The molecule has 6 heteroatoms. The highest BCUT2D eigenvalue weighted by Gasteiger charge is 2.26. The molecule has 2 fully saturated rings. The fourth-order valence-corrected chi connectivity index (χ4v) is 2.58. The topological polar surface area (TPSA) is 70.7 Å². The van der Waals surface area contributed by atoms with Crippen molar-refractivity contribution in [2.45, 2.75) is 57.7 Å². The summed E-state index contributed by atoms with van der Waals surface area (Å²) in [6.07, 6.45) is 3.63. The minimum absolute atomic E-state index is 0.0400. The first-order valence-corrected chi connectivity index (χ1v) is 8.02. The molecule has 1 saturated heterocycles. The first-order chi connectivity index (χ1) is 10.1. The van der Waals surface area contributed by atoms with Crippen LogP contribution in [0.2, 0.25) is 0 Å². The molecule has 0 aromatic carbocycles. The molecule has 1 heterocycles. The Hall–Kier alpha value is -1.14. The highest BCUT2D eigenvalue weighted by atomic mass is 16.5. The number of amides is 2. The Kier molecular flexibility index (Phi) is 5.99. The summed E-state index contributed by atoms with van der Waals surface area (Å²) in [5, 5.41) is 6.04. The van der Waals surface area contributed by atoms with Gasteiger partial charge in [0, 0.05) is 31.8 Å². The first kappa shape index (κ1) is 16.2. The van der Waals surface area contributed by atoms with E-state index in [9.17, 15) is 9.59 Å². The molecule has 0 radical (unpaired) electrons. The predicted octanol–water partition coefficient (Wildman–Crippen LogP) is 0.271. The van der Waals surface area contributed by atoms with Crippen molar-refractivity contribution in [2.24, 2.45) is 0 Å². The molecule has 120 valence electrons. The van der Waals surface area contributed by atoms with Crippen LogP contribution < -0.4 is 10.6 Å². The van der Waals surface area contributed by atoms with E-state index in [0.717, 1.165) is 38.8 Å². The molecular weight excluding hydrogens is 270 g/mol. The summed E-state index contributed by atoms with van der Waals surface area (Å²) < 4.78 is 5.29. The third-order valence-electron chi connectivity index (χ3n) is 4.03. The molecule has 0 bridgehead atoms. The smallest absolute Gasteiger partial charge is 0.249 e. The van der Waals surface area contributed by atoms with Crippen LogP contribution in [-0.2, 0) is 14.3 Å². The van der Waals surface area contributed by atoms with Crippen LogP contribution in [-0.4, -0.2) is 61.1 Å². The van der Waals surface area contributed by atoms with Crippen LogP contribution in [0.5, 0.6) is 0 Å². The number of nitrogens with zero attached hydrogens (tertiary/aromatic N) is 1. The number of nitrogens with one attached hydrogen (secondary N) is 2. The van der Waals surface area contributed by atoms with Crippen molar-refractivity contribution in [3.05, 3.63) is 0 Å². The zero-order valence-corrected chi connectivity index (χ0v) is 13.1. The lowest BCUT2D eigenvalue weighted by atomic mass is 10.0. The Morgan fingerprint density at radius 3 is 2.33 bits per heavy atom. The van der Waals surface area contributed by atoms with E-state index in [-0.39, 0.29) is 17.9 Å². The fraction of sp³-hybridized carbons (Fsp3) is 0.867. The van der Waals surface area contributed by atoms with Crippen molar-refractivity contribution in [3.8, 4) is 0 Å². The lowest BCUT2D eigenvalue weighted by Crippen LogP contribution is -2.49. The van der Waals surface area contributed by atoms with Gasteiger partial charge in [0.2, 0.25) is 11.8 Å². The zero-order valence-electron chi connectivity index (χ0n) is 13.1. The van der Waals surface area contributed by atoms with Crippen LogP contribution in [0.25, 0.3) is 0 Å². The normalized spacial score (nSPS) is 21.8. The number of piperidine rings is 1. The van der Waals surface area contributed by atoms with Gasteiger partial charge in [-0.1, -0.05) is 0 Å². The standard InChI is InChI=1S/C15H27N3O3/c1-3-21-11(2)15(20)17-13-6-8-18(9-7-13)10-14(19)16-12-4-5-12/h11-13H,3-10H2,1-2H3,(H,16,19)(H,17,20)/t11-/m1/s1. The van der Waals surface area contributed by atoms with Gasteiger partial charge in [-0.25, -0.2) is 0 Å². The van der Waals surface area contributed by atoms with Gasteiger partial charge in [0.15, 0.2) is 0 Å². The Morgan fingerprint density at radius 2 is 1.76 bits per heavy atom. The van der Waals surface area contributed by atoms with Crippen molar-refractivity contribution in [2.75, 3.05) is 26.2 Å². The summed E-state index contributed by atoms with van der Waals surface area (Å²) in [7, 11) is 0. The summed E-state index contributed by atoms with van der Waals surface area (Å²) in [6, 6.07) is 0.623. The SMILES string of the molecule is CCO[C@H](C)C(=O)NC1CCN(CC(=O)NC2CC2)CC1. The minimum atomic E-state index is -0.391. The molecule has 0 unspecified atom stereocenters. The molecule has 1 aliphatic heterocycles. The molecule has 1 atom stereocenters. The van der Waals surface area contributed by atoms with Crippen LogP contribution >= 0.6 is 0 Å². The van der Waals surface area contributed by atoms with Crippen LogP contribution in [0.4, 0.5) is 0 Å². The van der Waals surface area contributed by atoms with Gasteiger partial charge in [-0.2, -0.15) is 0 Å². The maximum atomic E-state index is 11.9. The van der Waals surface area contributed by atoms with E-state index < -0.39 is 6.10 Å². The molecule has 2 amide bonds. The molecule has 1 aliphatic carbocycles. The number of rotatable bonds is 7. The lowest BCUT2D eigenvalue weighted by molar-refractivity contribution is -0.132. The van der Waals surface area contributed by atoms with Gasteiger partial charge in [0.25, 0.3) is 0 Å². The molecule has 2 rings (SSSR count). The highest BCUT2D eigenvalue weighted by molar-refractivity contribution is 5.80. The Balaban J connectivity index is 1.63. The van der Waals surface area contributed by atoms with Gasteiger partial charge in [-0.05, 0) is 39.5 Å². The zero-order chi connectivity index (χ0) is 15.2. The number of hydrogen-bond acceptors (Lipinski definition) is 4. The fourth-order valence-electron chi connectivity index (χ4n) is 2.58. The van der Waals surface area contributed by atoms with Gasteiger partial charge < -0.3 is 15.4 Å². The van der Waals surface area contributed by atoms with E-state index >= 15 is 0 Å². The van der Waals surface area contributed by atoms with E-state index in [1.807, 2.05) is 6.92 Å². The summed E-state index contributed by atoms with van der Waals surface area (Å²) in [5.74, 6) is 0.0896. The summed E-state index contributed by atoms with van der Waals surface area (Å²) in [5.41, 5.74) is 0. The molecule has 1 saturated carbocycles. The Labute approximate surface area is 126 Å². The molecule has 2 N–H and O–H groups in total. The van der Waals surface area contributed by atoms with Crippen molar-refractivity contribution in [3.63, 3.8) is 0 Å². The summed E-state index contributed by atoms with van der Waals surface area (Å²) >= 11 is 0. The van der Waals surface area contributed by atoms with Crippen molar-refractivity contribution < 1.29 is 14.3 Å². The van der Waals surface area contributed by atoms with Gasteiger partial charge in [-0.3, -0.25) is 14.5 Å². The number of ether oxygens (including phenoxy) is 1. The van der Waals surface area contributed by atoms with Gasteiger partial charge in [0.05, 0.1) is 6.54 Å². The molecule has 2 aliphatic rings. The van der Waals surface area contributed by atoms with Gasteiger partial charge >= 0.3 is 0 Å². The number of carbonyl (C=O) groups excluding carboxylic acids is 2. The highest BCUT2D eigenvalue weighted by Crippen LogP contribution is 2.18. The Bertz CT molecular complexity index is 363. The minimum Gasteiger partial charge on any atom is -0.369 e.